The van der Waals surface area contributed by atoms with Gasteiger partial charge in [0, 0.05) is 18.6 Å². The van der Waals surface area contributed by atoms with Gasteiger partial charge in [0.25, 0.3) is 0 Å². The molecule has 3 atom stereocenters. The largest absolute Gasteiger partial charge is 0.374 e. The van der Waals surface area contributed by atoms with Crippen LogP contribution in [-0.4, -0.2) is 49.8 Å². The highest BCUT2D eigenvalue weighted by Gasteiger charge is 2.35. The number of ether oxygens (including phenoxy) is 1. The molecular formula is C16H22ClFN2O. The Morgan fingerprint density at radius 2 is 2.38 bits per heavy atom. The van der Waals surface area contributed by atoms with E-state index in [1.807, 2.05) is 13.1 Å². The van der Waals surface area contributed by atoms with Crippen molar-refractivity contribution in [3.63, 3.8) is 0 Å². The van der Waals surface area contributed by atoms with Gasteiger partial charge in [-0.05, 0) is 50.6 Å². The third-order valence-electron chi connectivity index (χ3n) is 4.68. The molecule has 0 saturated carbocycles. The number of rotatable bonds is 4. The summed E-state index contributed by atoms with van der Waals surface area (Å²) in [7, 11) is 1.94. The van der Waals surface area contributed by atoms with Gasteiger partial charge in [-0.25, -0.2) is 4.39 Å². The summed E-state index contributed by atoms with van der Waals surface area (Å²) in [6.45, 7) is 2.96. The van der Waals surface area contributed by atoms with E-state index < -0.39 is 0 Å². The number of morpholine rings is 1. The van der Waals surface area contributed by atoms with Crippen molar-refractivity contribution < 1.29 is 9.13 Å². The lowest BCUT2D eigenvalue weighted by Gasteiger charge is -2.38. The van der Waals surface area contributed by atoms with E-state index in [-0.39, 0.29) is 23.0 Å². The van der Waals surface area contributed by atoms with E-state index >= 15 is 0 Å². The van der Waals surface area contributed by atoms with Gasteiger partial charge < -0.3 is 10.1 Å². The Hall–Kier alpha value is -0.680. The van der Waals surface area contributed by atoms with Crippen molar-refractivity contribution in [3.8, 4) is 0 Å². The third kappa shape index (κ3) is 3.39. The summed E-state index contributed by atoms with van der Waals surface area (Å²) in [6.07, 6.45) is 3.42. The van der Waals surface area contributed by atoms with Crippen LogP contribution in [0.2, 0.25) is 5.02 Å². The highest BCUT2D eigenvalue weighted by Crippen LogP contribution is 2.25. The molecule has 0 bridgehead atoms. The first-order valence-corrected chi connectivity index (χ1v) is 8.02. The molecule has 21 heavy (non-hydrogen) atoms. The topological polar surface area (TPSA) is 24.5 Å². The number of nitrogens with one attached hydrogen (secondary N) is 1. The van der Waals surface area contributed by atoms with Gasteiger partial charge in [-0.2, -0.15) is 0 Å². The van der Waals surface area contributed by atoms with E-state index in [1.54, 1.807) is 6.07 Å². The Kier molecular flexibility index (Phi) is 4.79. The monoisotopic (exact) mass is 312 g/mol. The molecule has 0 aliphatic carbocycles. The normalized spacial score (nSPS) is 27.6. The highest BCUT2D eigenvalue weighted by molar-refractivity contribution is 6.30. The van der Waals surface area contributed by atoms with Crippen LogP contribution >= 0.6 is 11.6 Å². The Morgan fingerprint density at radius 3 is 3.14 bits per heavy atom. The summed E-state index contributed by atoms with van der Waals surface area (Å²) in [5, 5.41) is 3.50. The fourth-order valence-electron chi connectivity index (χ4n) is 3.43. The first kappa shape index (κ1) is 15.2. The van der Waals surface area contributed by atoms with Crippen molar-refractivity contribution in [1.82, 2.24) is 10.2 Å². The van der Waals surface area contributed by atoms with Gasteiger partial charge >= 0.3 is 0 Å². The fourth-order valence-corrected chi connectivity index (χ4v) is 3.54. The zero-order chi connectivity index (χ0) is 14.8. The molecule has 2 aliphatic rings. The van der Waals surface area contributed by atoms with E-state index in [9.17, 15) is 4.39 Å². The first-order chi connectivity index (χ1) is 10.2. The number of hydrogen-bond acceptors (Lipinski definition) is 3. The molecule has 0 spiro atoms. The second-order valence-electron chi connectivity index (χ2n) is 6.01. The minimum absolute atomic E-state index is 0.156. The number of benzene rings is 1. The van der Waals surface area contributed by atoms with Gasteiger partial charge in [0.05, 0.1) is 17.7 Å². The second kappa shape index (κ2) is 6.61. The molecule has 1 N–H and O–H groups in total. The molecule has 2 aliphatic heterocycles. The smallest absolute Gasteiger partial charge is 0.142 e. The number of halogens is 2. The summed E-state index contributed by atoms with van der Waals surface area (Å²) < 4.78 is 19.6. The van der Waals surface area contributed by atoms with Crippen LogP contribution in [0.3, 0.4) is 0 Å². The van der Waals surface area contributed by atoms with Crippen LogP contribution in [0.1, 0.15) is 18.4 Å². The zero-order valence-corrected chi connectivity index (χ0v) is 13.1. The van der Waals surface area contributed by atoms with Gasteiger partial charge in [0.1, 0.15) is 5.82 Å². The van der Waals surface area contributed by atoms with E-state index in [1.165, 1.54) is 25.5 Å². The molecule has 1 aromatic carbocycles. The quantitative estimate of drug-likeness (QED) is 0.924. The Balaban J connectivity index is 1.65. The third-order valence-corrected chi connectivity index (χ3v) is 4.98. The van der Waals surface area contributed by atoms with Crippen molar-refractivity contribution in [2.24, 2.45) is 0 Å². The predicted octanol–water partition coefficient (Wildman–Crippen LogP) is 2.47. The van der Waals surface area contributed by atoms with Gasteiger partial charge in [0.15, 0.2) is 0 Å². The van der Waals surface area contributed by atoms with Crippen molar-refractivity contribution in [2.75, 3.05) is 26.7 Å². The van der Waals surface area contributed by atoms with E-state index in [2.05, 4.69) is 10.2 Å². The lowest BCUT2D eigenvalue weighted by atomic mass is 9.99. The average Bonchev–Trinajstić information content (AvgIpc) is 2.95. The van der Waals surface area contributed by atoms with Crippen molar-refractivity contribution in [3.05, 3.63) is 34.6 Å². The van der Waals surface area contributed by atoms with Crippen LogP contribution in [0.4, 0.5) is 4.39 Å². The number of hydrogen-bond donors (Lipinski definition) is 1. The molecule has 0 aromatic heterocycles. The number of fused-ring (bicyclic) bond motifs is 1. The van der Waals surface area contributed by atoms with Gasteiger partial charge in [-0.3, -0.25) is 4.90 Å². The minimum atomic E-state index is -0.354. The molecule has 0 amide bonds. The fraction of sp³-hybridized carbons (Fsp3) is 0.625. The molecule has 2 heterocycles. The summed E-state index contributed by atoms with van der Waals surface area (Å²) in [5.41, 5.74) is 0.948. The summed E-state index contributed by atoms with van der Waals surface area (Å²) in [6, 6.07) is 5.82. The maximum absolute atomic E-state index is 13.6. The van der Waals surface area contributed by atoms with Crippen LogP contribution < -0.4 is 5.32 Å². The molecule has 116 valence electrons. The van der Waals surface area contributed by atoms with E-state index in [4.69, 9.17) is 16.3 Å². The SMILES string of the molecule is CNC(Cc1ccc(Cl)c(F)c1)C1CN2CCCC2CO1. The summed E-state index contributed by atoms with van der Waals surface area (Å²) >= 11 is 5.74. The van der Waals surface area contributed by atoms with Crippen molar-refractivity contribution in [1.29, 1.82) is 0 Å². The van der Waals surface area contributed by atoms with E-state index in [0.29, 0.717) is 6.04 Å². The number of nitrogens with zero attached hydrogens (tertiary/aromatic N) is 1. The van der Waals surface area contributed by atoms with Crippen LogP contribution in [0.25, 0.3) is 0 Å². The molecule has 2 saturated heterocycles. The molecule has 3 nitrogen and oxygen atoms in total. The minimum Gasteiger partial charge on any atom is -0.374 e. The van der Waals surface area contributed by atoms with Crippen LogP contribution in [0.15, 0.2) is 18.2 Å². The van der Waals surface area contributed by atoms with Gasteiger partial charge in [0.2, 0.25) is 0 Å². The lowest BCUT2D eigenvalue weighted by molar-refractivity contribution is -0.0634. The number of likely N-dealkylation sites (N-methyl/N-ethyl adjacent to an activating group) is 1. The Bertz CT molecular complexity index is 499. The Morgan fingerprint density at radius 1 is 1.52 bits per heavy atom. The van der Waals surface area contributed by atoms with Gasteiger partial charge in [-0.1, -0.05) is 17.7 Å². The molecule has 3 unspecified atom stereocenters. The average molecular weight is 313 g/mol. The van der Waals surface area contributed by atoms with Crippen LogP contribution in [-0.2, 0) is 11.2 Å². The lowest BCUT2D eigenvalue weighted by Crippen LogP contribution is -2.54. The first-order valence-electron chi connectivity index (χ1n) is 7.64. The van der Waals surface area contributed by atoms with Gasteiger partial charge in [-0.15, -0.1) is 0 Å². The van der Waals surface area contributed by atoms with E-state index in [0.717, 1.165) is 25.1 Å². The highest BCUT2D eigenvalue weighted by atomic mass is 35.5. The van der Waals surface area contributed by atoms with Crippen LogP contribution in [0.5, 0.6) is 0 Å². The zero-order valence-electron chi connectivity index (χ0n) is 12.3. The summed E-state index contributed by atoms with van der Waals surface area (Å²) in [4.78, 5) is 2.53. The standard InChI is InChI=1S/C16H22ClFN2O/c1-19-15(8-11-4-5-13(17)14(18)7-11)16-9-20-6-2-3-12(20)10-21-16/h4-5,7,12,15-16,19H,2-3,6,8-10H2,1H3. The molecule has 1 aromatic rings. The maximum Gasteiger partial charge on any atom is 0.142 e. The predicted molar refractivity (Wildman–Crippen MR) is 82.3 cm³/mol. The van der Waals surface area contributed by atoms with Crippen molar-refractivity contribution >= 4 is 11.6 Å². The van der Waals surface area contributed by atoms with Crippen molar-refractivity contribution in [2.45, 2.75) is 37.5 Å². The van der Waals surface area contributed by atoms with Crippen LogP contribution in [0, 0.1) is 5.82 Å². The molecule has 5 heteroatoms. The Labute approximate surface area is 130 Å². The maximum atomic E-state index is 13.6. The molecule has 0 radical (unpaired) electrons. The molecule has 3 rings (SSSR count). The molecule has 2 fully saturated rings. The molecular weight excluding hydrogens is 291 g/mol. The second-order valence-corrected chi connectivity index (χ2v) is 6.42. The summed E-state index contributed by atoms with van der Waals surface area (Å²) in [5.74, 6) is -0.354.